The normalized spacial score (nSPS) is 36.7. The van der Waals surface area contributed by atoms with Crippen LogP contribution in [0.2, 0.25) is 0 Å². The number of likely N-dealkylation sites (tertiary alicyclic amines) is 1. The molecular formula is C31H41N5O5. The summed E-state index contributed by atoms with van der Waals surface area (Å²) in [5.41, 5.74) is 1.93. The molecule has 5 heterocycles. The van der Waals surface area contributed by atoms with Crippen molar-refractivity contribution in [3.05, 3.63) is 35.5 Å². The standard InChI is InChI=1S/C31H41N5O5/c1-16(2)26-28(38)35-11-7-10-24(35)31(40)36(26)29(39)30(41-31,17(3)4)33-27(37)19-12-21-20-8-6-9-22-25(20)18(14-32-22)13-23(21)34(5)15-19/h6,8-9,14,16-17,19,21,23-24,26,32,40H,7,10-13,15H2,1-5H3,(H,33,37)/t19-,21?,23-,24+,26+,30?,31?/m1/s1. The number of piperazine rings is 1. The van der Waals surface area contributed by atoms with Crippen molar-refractivity contribution >= 4 is 28.6 Å². The molecule has 4 aliphatic heterocycles. The number of aliphatic hydroxyl groups is 1. The van der Waals surface area contributed by atoms with E-state index in [1.165, 1.54) is 21.4 Å². The fourth-order valence-electron chi connectivity index (χ4n) is 8.50. The molecule has 220 valence electrons. The molecule has 7 rings (SSSR count). The van der Waals surface area contributed by atoms with E-state index in [-0.39, 0.29) is 35.6 Å². The third kappa shape index (κ3) is 3.56. The largest absolute Gasteiger partial charge is 0.361 e. The third-order valence-electron chi connectivity index (χ3n) is 10.5. The first-order valence-corrected chi connectivity index (χ1v) is 15.2. The highest BCUT2D eigenvalue weighted by molar-refractivity contribution is 5.98. The number of fused-ring (bicyclic) bond motifs is 5. The summed E-state index contributed by atoms with van der Waals surface area (Å²) in [5, 5.41) is 16.4. The molecule has 0 saturated carbocycles. The van der Waals surface area contributed by atoms with Crippen molar-refractivity contribution in [2.24, 2.45) is 17.8 Å². The Morgan fingerprint density at radius 1 is 1.22 bits per heavy atom. The number of rotatable bonds is 4. The van der Waals surface area contributed by atoms with Crippen LogP contribution in [0.15, 0.2) is 24.4 Å². The molecule has 7 atom stereocenters. The topological polar surface area (TPSA) is 118 Å². The predicted octanol–water partition coefficient (Wildman–Crippen LogP) is 2.13. The van der Waals surface area contributed by atoms with E-state index in [0.717, 1.165) is 18.4 Å². The van der Waals surface area contributed by atoms with E-state index in [0.29, 0.717) is 25.9 Å². The Bertz CT molecular complexity index is 1440. The molecule has 1 aliphatic carbocycles. The van der Waals surface area contributed by atoms with Crippen molar-refractivity contribution in [3.63, 3.8) is 0 Å². The minimum atomic E-state index is -1.99. The van der Waals surface area contributed by atoms with Gasteiger partial charge in [0, 0.05) is 48.1 Å². The van der Waals surface area contributed by atoms with Crippen LogP contribution < -0.4 is 5.32 Å². The van der Waals surface area contributed by atoms with Crippen molar-refractivity contribution in [2.75, 3.05) is 20.1 Å². The molecule has 3 amide bonds. The first-order valence-electron chi connectivity index (χ1n) is 15.2. The summed E-state index contributed by atoms with van der Waals surface area (Å²) < 4.78 is 6.42. The van der Waals surface area contributed by atoms with Crippen molar-refractivity contribution in [1.82, 2.24) is 25.0 Å². The molecule has 0 bridgehead atoms. The summed E-state index contributed by atoms with van der Waals surface area (Å²) in [6, 6.07) is 5.10. The number of aromatic amines is 1. The molecule has 41 heavy (non-hydrogen) atoms. The molecule has 0 radical (unpaired) electrons. The second-order valence-corrected chi connectivity index (χ2v) is 13.5. The van der Waals surface area contributed by atoms with Crippen molar-refractivity contribution < 1.29 is 24.2 Å². The van der Waals surface area contributed by atoms with Gasteiger partial charge in [0.15, 0.2) is 0 Å². The number of nitrogens with one attached hydrogen (secondary N) is 2. The predicted molar refractivity (Wildman–Crippen MR) is 151 cm³/mol. The van der Waals surface area contributed by atoms with E-state index in [2.05, 4.69) is 46.6 Å². The number of hydrogen-bond acceptors (Lipinski definition) is 6. The Labute approximate surface area is 240 Å². The van der Waals surface area contributed by atoms with Gasteiger partial charge in [-0.15, -0.1) is 0 Å². The van der Waals surface area contributed by atoms with Gasteiger partial charge in [-0.05, 0) is 55.8 Å². The Morgan fingerprint density at radius 2 is 2.00 bits per heavy atom. The van der Waals surface area contributed by atoms with Crippen LogP contribution in [0.3, 0.4) is 0 Å². The van der Waals surface area contributed by atoms with Gasteiger partial charge >= 0.3 is 0 Å². The Kier molecular flexibility index (Phi) is 5.92. The molecule has 0 spiro atoms. The molecule has 3 unspecified atom stereocenters. The molecule has 1 aromatic carbocycles. The summed E-state index contributed by atoms with van der Waals surface area (Å²) in [6.45, 7) is 8.45. The van der Waals surface area contributed by atoms with Crippen molar-refractivity contribution in [2.45, 2.75) is 89.1 Å². The lowest BCUT2D eigenvalue weighted by atomic mass is 9.72. The van der Waals surface area contributed by atoms with Crippen molar-refractivity contribution in [1.29, 1.82) is 0 Å². The summed E-state index contributed by atoms with van der Waals surface area (Å²) in [4.78, 5) is 50.6. The van der Waals surface area contributed by atoms with Crippen LogP contribution in [-0.4, -0.2) is 92.4 Å². The maximum absolute atomic E-state index is 14.3. The fraction of sp³-hybridized carbons (Fsp3) is 0.645. The third-order valence-corrected chi connectivity index (χ3v) is 10.5. The van der Waals surface area contributed by atoms with Crippen LogP contribution in [0, 0.1) is 17.8 Å². The highest BCUT2D eigenvalue weighted by atomic mass is 16.7. The lowest BCUT2D eigenvalue weighted by Gasteiger charge is -2.49. The summed E-state index contributed by atoms with van der Waals surface area (Å²) in [6.07, 6.45) is 4.94. The number of likely N-dealkylation sites (N-methyl/N-ethyl adjacent to an activating group) is 1. The van der Waals surface area contributed by atoms with Crippen molar-refractivity contribution in [3.8, 4) is 0 Å². The minimum absolute atomic E-state index is 0.162. The van der Waals surface area contributed by atoms with E-state index < -0.39 is 35.5 Å². The van der Waals surface area contributed by atoms with Crippen LogP contribution >= 0.6 is 0 Å². The zero-order chi connectivity index (χ0) is 29.0. The number of amides is 3. The number of ether oxygens (including phenoxy) is 1. The molecule has 4 saturated heterocycles. The van der Waals surface area contributed by atoms with Crippen LogP contribution in [0.4, 0.5) is 0 Å². The Balaban J connectivity index is 1.21. The molecule has 10 nitrogen and oxygen atoms in total. The van der Waals surface area contributed by atoms with E-state index in [1.807, 2.05) is 27.7 Å². The van der Waals surface area contributed by atoms with E-state index in [9.17, 15) is 19.5 Å². The smallest absolute Gasteiger partial charge is 0.281 e. The molecule has 2 aromatic rings. The van der Waals surface area contributed by atoms with Crippen LogP contribution in [0.1, 0.15) is 64.0 Å². The number of nitrogens with zero attached hydrogens (tertiary/aromatic N) is 3. The van der Waals surface area contributed by atoms with E-state index >= 15 is 0 Å². The van der Waals surface area contributed by atoms with Gasteiger partial charge in [0.25, 0.3) is 11.8 Å². The van der Waals surface area contributed by atoms with Crippen LogP contribution in [0.5, 0.6) is 0 Å². The number of piperidine rings is 1. The molecule has 1 aromatic heterocycles. The minimum Gasteiger partial charge on any atom is -0.361 e. The lowest BCUT2D eigenvalue weighted by Crippen LogP contribution is -2.72. The molecular weight excluding hydrogens is 522 g/mol. The van der Waals surface area contributed by atoms with Crippen LogP contribution in [0.25, 0.3) is 10.9 Å². The second-order valence-electron chi connectivity index (χ2n) is 13.5. The van der Waals surface area contributed by atoms with Gasteiger partial charge in [-0.1, -0.05) is 39.8 Å². The van der Waals surface area contributed by atoms with Gasteiger partial charge in [-0.25, -0.2) is 0 Å². The number of carbonyl (C=O) groups excluding carboxylic acids is 3. The Hall–Kier alpha value is -2.95. The highest BCUT2D eigenvalue weighted by Gasteiger charge is 2.72. The highest BCUT2D eigenvalue weighted by Crippen LogP contribution is 2.49. The van der Waals surface area contributed by atoms with Crippen LogP contribution in [-0.2, 0) is 25.5 Å². The van der Waals surface area contributed by atoms with Gasteiger partial charge in [0.1, 0.15) is 12.1 Å². The average molecular weight is 564 g/mol. The zero-order valence-electron chi connectivity index (χ0n) is 24.5. The second kappa shape index (κ2) is 9.02. The summed E-state index contributed by atoms with van der Waals surface area (Å²) in [7, 11) is 2.07. The molecule has 4 fully saturated rings. The van der Waals surface area contributed by atoms with Gasteiger partial charge < -0.3 is 25.2 Å². The molecule has 5 aliphatic rings. The fourth-order valence-corrected chi connectivity index (χ4v) is 8.50. The summed E-state index contributed by atoms with van der Waals surface area (Å²) >= 11 is 0. The summed E-state index contributed by atoms with van der Waals surface area (Å²) in [5.74, 6) is -3.87. The quantitative estimate of drug-likeness (QED) is 0.525. The maximum Gasteiger partial charge on any atom is 0.281 e. The number of carbonyl (C=O) groups is 3. The Morgan fingerprint density at radius 3 is 2.73 bits per heavy atom. The number of benzene rings is 1. The first-order chi connectivity index (χ1) is 19.5. The lowest BCUT2D eigenvalue weighted by molar-refractivity contribution is -0.323. The SMILES string of the molecule is CC(C)[C@H]1C(=O)N2CCC[C@H]2C2(O)OC(NC(=O)[C@@H]3CC4c5cccc6[nH]cc(c56)C[C@H]4N(C)C3)(C(C)C)C(=O)N12. The maximum atomic E-state index is 14.3. The first kappa shape index (κ1) is 26.9. The van der Waals surface area contributed by atoms with Gasteiger partial charge in [0.2, 0.25) is 17.5 Å². The number of hydrogen-bond donors (Lipinski definition) is 3. The van der Waals surface area contributed by atoms with E-state index in [1.54, 1.807) is 4.90 Å². The monoisotopic (exact) mass is 563 g/mol. The number of aromatic nitrogens is 1. The average Bonchev–Trinajstić information content (AvgIpc) is 3.64. The van der Waals surface area contributed by atoms with E-state index in [4.69, 9.17) is 4.74 Å². The molecule has 3 N–H and O–H groups in total. The van der Waals surface area contributed by atoms with Gasteiger partial charge in [0.05, 0.1) is 5.92 Å². The van der Waals surface area contributed by atoms with Gasteiger partial charge in [-0.3, -0.25) is 24.0 Å². The molecule has 10 heteroatoms. The number of H-pyrrole nitrogens is 1. The van der Waals surface area contributed by atoms with Gasteiger partial charge in [-0.2, -0.15) is 0 Å². The zero-order valence-corrected chi connectivity index (χ0v) is 24.5.